The summed E-state index contributed by atoms with van der Waals surface area (Å²) in [5, 5.41) is 2.76. The Hall–Kier alpha value is -1.75. The van der Waals surface area contributed by atoms with Gasteiger partial charge in [-0.15, -0.1) is 11.3 Å². The summed E-state index contributed by atoms with van der Waals surface area (Å²) >= 11 is 1.51. The van der Waals surface area contributed by atoms with Crippen LogP contribution in [0.15, 0.2) is 29.9 Å². The van der Waals surface area contributed by atoms with Gasteiger partial charge in [0.1, 0.15) is 5.01 Å². The summed E-state index contributed by atoms with van der Waals surface area (Å²) < 4.78 is 4.58. The fourth-order valence-corrected chi connectivity index (χ4v) is 2.06. The van der Waals surface area contributed by atoms with Crippen LogP contribution < -0.4 is 0 Å². The number of esters is 1. The first-order valence-corrected chi connectivity index (χ1v) is 5.59. The van der Waals surface area contributed by atoms with Crippen molar-refractivity contribution in [3.63, 3.8) is 0 Å². The van der Waals surface area contributed by atoms with Gasteiger partial charge in [0.15, 0.2) is 0 Å². The highest BCUT2D eigenvalue weighted by Gasteiger charge is 2.08. The van der Waals surface area contributed by atoms with Crippen LogP contribution in [0.2, 0.25) is 0 Å². The second kappa shape index (κ2) is 4.85. The van der Waals surface area contributed by atoms with Crippen LogP contribution >= 0.6 is 11.3 Å². The first-order valence-electron chi connectivity index (χ1n) is 4.71. The van der Waals surface area contributed by atoms with E-state index in [0.717, 1.165) is 16.3 Å². The molecule has 0 aromatic carbocycles. The minimum absolute atomic E-state index is 0.220. The molecule has 2 aromatic rings. The lowest BCUT2D eigenvalue weighted by molar-refractivity contribution is -0.139. The van der Waals surface area contributed by atoms with Crippen molar-refractivity contribution in [3.05, 3.63) is 35.6 Å². The van der Waals surface area contributed by atoms with E-state index in [1.54, 1.807) is 12.4 Å². The maximum absolute atomic E-state index is 11.1. The Morgan fingerprint density at radius 1 is 1.44 bits per heavy atom. The van der Waals surface area contributed by atoms with Gasteiger partial charge >= 0.3 is 5.97 Å². The quantitative estimate of drug-likeness (QED) is 0.761. The number of hydrogen-bond donors (Lipinski definition) is 0. The molecule has 4 nitrogen and oxygen atoms in total. The fourth-order valence-electron chi connectivity index (χ4n) is 1.24. The normalized spacial score (nSPS) is 10.1. The van der Waals surface area contributed by atoms with E-state index >= 15 is 0 Å². The van der Waals surface area contributed by atoms with Crippen LogP contribution in [0.4, 0.5) is 0 Å². The molecule has 0 aliphatic rings. The van der Waals surface area contributed by atoms with Crippen molar-refractivity contribution >= 4 is 17.3 Å². The number of methoxy groups -OCH3 is 1. The molecule has 0 atom stereocenters. The number of carbonyl (C=O) groups is 1. The Balaban J connectivity index is 2.17. The van der Waals surface area contributed by atoms with Crippen molar-refractivity contribution in [1.82, 2.24) is 9.97 Å². The molecule has 0 amide bonds. The van der Waals surface area contributed by atoms with E-state index < -0.39 is 0 Å². The van der Waals surface area contributed by atoms with Crippen LogP contribution in [-0.4, -0.2) is 23.0 Å². The molecule has 2 heterocycles. The molecule has 0 saturated heterocycles. The lowest BCUT2D eigenvalue weighted by Crippen LogP contribution is -2.04. The molecule has 2 rings (SSSR count). The smallest absolute Gasteiger partial charge is 0.311 e. The number of nitrogens with zero attached hydrogens (tertiary/aromatic N) is 2. The maximum Gasteiger partial charge on any atom is 0.311 e. The van der Waals surface area contributed by atoms with Crippen molar-refractivity contribution in [2.75, 3.05) is 7.11 Å². The van der Waals surface area contributed by atoms with Gasteiger partial charge in [-0.3, -0.25) is 9.78 Å². The number of ether oxygens (including phenoxy) is 1. The van der Waals surface area contributed by atoms with Crippen molar-refractivity contribution in [1.29, 1.82) is 0 Å². The molecule has 82 valence electrons. The van der Waals surface area contributed by atoms with Crippen LogP contribution in [0.25, 0.3) is 10.6 Å². The minimum Gasteiger partial charge on any atom is -0.469 e. The Kier molecular flexibility index (Phi) is 3.26. The zero-order valence-corrected chi connectivity index (χ0v) is 9.53. The molecule has 0 saturated carbocycles. The summed E-state index contributed by atoms with van der Waals surface area (Å²) in [5.41, 5.74) is 1.75. The lowest BCUT2D eigenvalue weighted by Gasteiger charge is -1.95. The maximum atomic E-state index is 11.1. The highest BCUT2D eigenvalue weighted by Crippen LogP contribution is 2.22. The predicted octanol–water partition coefficient (Wildman–Crippen LogP) is 1.92. The van der Waals surface area contributed by atoms with Crippen LogP contribution in [0.1, 0.15) is 5.69 Å². The van der Waals surface area contributed by atoms with E-state index in [1.165, 1.54) is 18.4 Å². The third kappa shape index (κ3) is 2.43. The van der Waals surface area contributed by atoms with Gasteiger partial charge in [-0.05, 0) is 12.1 Å². The van der Waals surface area contributed by atoms with Gasteiger partial charge in [0.05, 0.1) is 19.2 Å². The molecule has 0 spiro atoms. The van der Waals surface area contributed by atoms with Gasteiger partial charge < -0.3 is 4.74 Å². The topological polar surface area (TPSA) is 52.1 Å². The van der Waals surface area contributed by atoms with Gasteiger partial charge in [-0.25, -0.2) is 4.98 Å². The van der Waals surface area contributed by atoms with E-state index in [1.807, 2.05) is 17.5 Å². The van der Waals surface area contributed by atoms with Crippen LogP contribution in [0, 0.1) is 0 Å². The molecule has 0 N–H and O–H groups in total. The highest BCUT2D eigenvalue weighted by atomic mass is 32.1. The largest absolute Gasteiger partial charge is 0.469 e. The van der Waals surface area contributed by atoms with Gasteiger partial charge in [0.25, 0.3) is 0 Å². The van der Waals surface area contributed by atoms with E-state index in [9.17, 15) is 4.79 Å². The standard InChI is InChI=1S/C11H10N2O2S/c1-15-10(14)6-9-7-16-11(13-9)8-2-4-12-5-3-8/h2-5,7H,6H2,1H3. The van der Waals surface area contributed by atoms with Crippen LogP contribution in [0.5, 0.6) is 0 Å². The zero-order chi connectivity index (χ0) is 11.4. The first kappa shape index (κ1) is 10.8. The molecule has 0 bridgehead atoms. The zero-order valence-electron chi connectivity index (χ0n) is 8.71. The highest BCUT2D eigenvalue weighted by molar-refractivity contribution is 7.13. The molecule has 0 aliphatic heterocycles. The van der Waals surface area contributed by atoms with Gasteiger partial charge in [0.2, 0.25) is 0 Å². The summed E-state index contributed by atoms with van der Waals surface area (Å²) in [6, 6.07) is 3.78. The molecule has 0 radical (unpaired) electrons. The average Bonchev–Trinajstić information content (AvgIpc) is 2.78. The van der Waals surface area contributed by atoms with Gasteiger partial charge in [-0.1, -0.05) is 0 Å². The van der Waals surface area contributed by atoms with Crippen molar-refractivity contribution in [2.45, 2.75) is 6.42 Å². The van der Waals surface area contributed by atoms with Crippen LogP contribution in [-0.2, 0) is 16.0 Å². The Bertz CT molecular complexity index is 482. The molecule has 0 aliphatic carbocycles. The van der Waals surface area contributed by atoms with E-state index in [-0.39, 0.29) is 12.4 Å². The summed E-state index contributed by atoms with van der Waals surface area (Å²) in [7, 11) is 1.37. The Morgan fingerprint density at radius 3 is 2.88 bits per heavy atom. The van der Waals surface area contributed by atoms with E-state index in [2.05, 4.69) is 14.7 Å². The molecule has 5 heteroatoms. The predicted molar refractivity (Wildman–Crippen MR) is 61.1 cm³/mol. The number of aromatic nitrogens is 2. The SMILES string of the molecule is COC(=O)Cc1csc(-c2ccncc2)n1. The third-order valence-electron chi connectivity index (χ3n) is 2.03. The van der Waals surface area contributed by atoms with Gasteiger partial charge in [0, 0.05) is 23.3 Å². The van der Waals surface area contributed by atoms with Crippen molar-refractivity contribution in [3.8, 4) is 10.6 Å². The number of thiazole rings is 1. The summed E-state index contributed by atoms with van der Waals surface area (Å²) in [6.07, 6.45) is 3.66. The molecule has 0 fully saturated rings. The molecule has 2 aromatic heterocycles. The third-order valence-corrected chi connectivity index (χ3v) is 2.97. The van der Waals surface area contributed by atoms with Crippen molar-refractivity contribution in [2.24, 2.45) is 0 Å². The minimum atomic E-state index is -0.272. The summed E-state index contributed by atoms with van der Waals surface area (Å²) in [6.45, 7) is 0. The van der Waals surface area contributed by atoms with Gasteiger partial charge in [-0.2, -0.15) is 0 Å². The van der Waals surface area contributed by atoms with Crippen molar-refractivity contribution < 1.29 is 9.53 Å². The average molecular weight is 234 g/mol. The number of rotatable bonds is 3. The van der Waals surface area contributed by atoms with Crippen LogP contribution in [0.3, 0.4) is 0 Å². The summed E-state index contributed by atoms with van der Waals surface area (Å²) in [4.78, 5) is 19.4. The molecular formula is C11H10N2O2S. The van der Waals surface area contributed by atoms with E-state index in [0.29, 0.717) is 0 Å². The lowest BCUT2D eigenvalue weighted by atomic mass is 10.3. The second-order valence-electron chi connectivity index (χ2n) is 3.13. The monoisotopic (exact) mass is 234 g/mol. The van der Waals surface area contributed by atoms with E-state index in [4.69, 9.17) is 0 Å². The Morgan fingerprint density at radius 2 is 2.19 bits per heavy atom. The number of hydrogen-bond acceptors (Lipinski definition) is 5. The molecule has 16 heavy (non-hydrogen) atoms. The number of pyridine rings is 1. The molecular weight excluding hydrogens is 224 g/mol. The summed E-state index contributed by atoms with van der Waals surface area (Å²) in [5.74, 6) is -0.272. The first-order chi connectivity index (χ1) is 7.79. The number of carbonyl (C=O) groups excluding carboxylic acids is 1. The second-order valence-corrected chi connectivity index (χ2v) is 3.99. The Labute approximate surface area is 96.9 Å². The fraction of sp³-hybridized carbons (Fsp3) is 0.182. The molecule has 0 unspecified atom stereocenters.